The first-order valence-corrected chi connectivity index (χ1v) is 7.96. The van der Waals surface area contributed by atoms with Gasteiger partial charge in [-0.3, -0.25) is 9.78 Å². The third kappa shape index (κ3) is 2.99. The summed E-state index contributed by atoms with van der Waals surface area (Å²) in [5.74, 6) is -0.192. The second-order valence-corrected chi connectivity index (χ2v) is 5.89. The van der Waals surface area contributed by atoms with Crippen LogP contribution in [0.15, 0.2) is 67.3 Å². The van der Waals surface area contributed by atoms with Gasteiger partial charge in [0.1, 0.15) is 5.65 Å². The van der Waals surface area contributed by atoms with Crippen LogP contribution in [0.5, 0.6) is 0 Å². The number of anilines is 1. The molecule has 5 heteroatoms. The Balaban J connectivity index is 1.69. The normalized spacial score (nSPS) is 10.8. The molecular weight excluding hydrogens is 312 g/mol. The zero-order valence-electron chi connectivity index (χ0n) is 13.7. The van der Waals surface area contributed by atoms with Crippen LogP contribution in [0.1, 0.15) is 15.9 Å². The van der Waals surface area contributed by atoms with E-state index in [1.54, 1.807) is 18.6 Å². The van der Waals surface area contributed by atoms with Crippen molar-refractivity contribution in [1.29, 1.82) is 0 Å². The lowest BCUT2D eigenvalue weighted by Crippen LogP contribution is -2.12. The molecule has 0 aliphatic carbocycles. The first-order chi connectivity index (χ1) is 12.2. The Hall–Kier alpha value is -3.47. The molecule has 4 aromatic rings. The molecule has 0 aliphatic heterocycles. The predicted molar refractivity (Wildman–Crippen MR) is 98.5 cm³/mol. The highest BCUT2D eigenvalue weighted by Crippen LogP contribution is 2.27. The molecule has 0 spiro atoms. The van der Waals surface area contributed by atoms with E-state index in [1.165, 1.54) is 0 Å². The number of carbonyl (C=O) groups excluding carboxylic acids is 1. The predicted octanol–water partition coefficient (Wildman–Crippen LogP) is 4.19. The smallest absolute Gasteiger partial charge is 0.257 e. The maximum Gasteiger partial charge on any atom is 0.257 e. The Bertz CT molecular complexity index is 1050. The molecule has 0 aliphatic rings. The van der Waals surface area contributed by atoms with E-state index in [2.05, 4.69) is 20.3 Å². The van der Waals surface area contributed by atoms with Crippen molar-refractivity contribution in [2.75, 3.05) is 5.32 Å². The zero-order valence-corrected chi connectivity index (χ0v) is 13.7. The van der Waals surface area contributed by atoms with Gasteiger partial charge in [0.05, 0.1) is 11.3 Å². The summed E-state index contributed by atoms with van der Waals surface area (Å²) in [7, 11) is 0. The Morgan fingerprint density at radius 3 is 2.68 bits per heavy atom. The van der Waals surface area contributed by atoms with Crippen molar-refractivity contribution in [2.45, 2.75) is 6.92 Å². The zero-order chi connectivity index (χ0) is 17.2. The van der Waals surface area contributed by atoms with Crippen molar-refractivity contribution >= 4 is 22.6 Å². The van der Waals surface area contributed by atoms with Crippen molar-refractivity contribution in [1.82, 2.24) is 15.0 Å². The van der Waals surface area contributed by atoms with Crippen molar-refractivity contribution in [3.8, 4) is 11.1 Å². The number of nitrogens with one attached hydrogen (secondary N) is 2. The van der Waals surface area contributed by atoms with Crippen LogP contribution >= 0.6 is 0 Å². The fourth-order valence-corrected chi connectivity index (χ4v) is 2.77. The molecule has 3 heterocycles. The van der Waals surface area contributed by atoms with E-state index in [4.69, 9.17) is 0 Å². The van der Waals surface area contributed by atoms with Crippen LogP contribution in [-0.2, 0) is 0 Å². The monoisotopic (exact) mass is 328 g/mol. The van der Waals surface area contributed by atoms with E-state index in [0.29, 0.717) is 11.3 Å². The summed E-state index contributed by atoms with van der Waals surface area (Å²) < 4.78 is 0. The Morgan fingerprint density at radius 2 is 1.88 bits per heavy atom. The van der Waals surface area contributed by atoms with Gasteiger partial charge in [-0.05, 0) is 30.2 Å². The number of amides is 1. The van der Waals surface area contributed by atoms with Gasteiger partial charge in [-0.2, -0.15) is 0 Å². The molecule has 0 unspecified atom stereocenters. The Kier molecular flexibility index (Phi) is 3.74. The Labute approximate surface area is 144 Å². The number of nitrogens with zero attached hydrogens (tertiary/aromatic N) is 2. The number of pyridine rings is 2. The summed E-state index contributed by atoms with van der Waals surface area (Å²) in [6.07, 6.45) is 6.86. The average molecular weight is 328 g/mol. The average Bonchev–Trinajstić information content (AvgIpc) is 3.04. The van der Waals surface area contributed by atoms with E-state index >= 15 is 0 Å². The molecule has 3 aromatic heterocycles. The first-order valence-electron chi connectivity index (χ1n) is 7.96. The first kappa shape index (κ1) is 15.1. The third-order valence-electron chi connectivity index (χ3n) is 4.02. The molecule has 0 atom stereocenters. The number of fused-ring (bicyclic) bond motifs is 1. The maximum atomic E-state index is 12.5. The molecule has 25 heavy (non-hydrogen) atoms. The van der Waals surface area contributed by atoms with E-state index in [9.17, 15) is 4.79 Å². The fraction of sp³-hybridized carbons (Fsp3) is 0.0500. The number of hydrogen-bond donors (Lipinski definition) is 2. The van der Waals surface area contributed by atoms with Crippen LogP contribution in [0.25, 0.3) is 22.2 Å². The van der Waals surface area contributed by atoms with Crippen LogP contribution < -0.4 is 5.32 Å². The number of aryl methyl sites for hydroxylation is 1. The van der Waals surface area contributed by atoms with Crippen molar-refractivity contribution < 1.29 is 4.79 Å². The van der Waals surface area contributed by atoms with E-state index < -0.39 is 0 Å². The van der Waals surface area contributed by atoms with E-state index in [-0.39, 0.29) is 5.91 Å². The lowest BCUT2D eigenvalue weighted by molar-refractivity contribution is 0.102. The molecule has 2 N–H and O–H groups in total. The van der Waals surface area contributed by atoms with Gasteiger partial charge in [-0.15, -0.1) is 0 Å². The molecular formula is C20H16N4O. The Morgan fingerprint density at radius 1 is 1.04 bits per heavy atom. The second kappa shape index (κ2) is 6.20. The summed E-state index contributed by atoms with van der Waals surface area (Å²) in [6, 6.07) is 13.9. The molecule has 4 rings (SSSR count). The number of benzene rings is 1. The number of carbonyl (C=O) groups is 1. The molecule has 0 radical (unpaired) electrons. The van der Waals surface area contributed by atoms with E-state index in [1.807, 2.05) is 55.6 Å². The van der Waals surface area contributed by atoms with Crippen LogP contribution in [0, 0.1) is 6.92 Å². The quantitative estimate of drug-likeness (QED) is 0.592. The van der Waals surface area contributed by atoms with Crippen LogP contribution in [0.4, 0.5) is 5.69 Å². The van der Waals surface area contributed by atoms with Gasteiger partial charge in [-0.1, -0.05) is 30.3 Å². The lowest BCUT2D eigenvalue weighted by atomic mass is 10.1. The lowest BCUT2D eigenvalue weighted by Gasteiger charge is -2.05. The minimum absolute atomic E-state index is 0.192. The number of aromatic nitrogens is 3. The van der Waals surface area contributed by atoms with Gasteiger partial charge in [0, 0.05) is 35.7 Å². The molecule has 0 fully saturated rings. The molecule has 0 bridgehead atoms. The summed E-state index contributed by atoms with van der Waals surface area (Å²) >= 11 is 0. The van der Waals surface area contributed by atoms with Gasteiger partial charge in [0.2, 0.25) is 0 Å². The van der Waals surface area contributed by atoms with Gasteiger partial charge >= 0.3 is 0 Å². The number of aromatic amines is 1. The largest absolute Gasteiger partial charge is 0.344 e. The maximum absolute atomic E-state index is 12.5. The number of hydrogen-bond acceptors (Lipinski definition) is 3. The van der Waals surface area contributed by atoms with Crippen molar-refractivity contribution in [3.63, 3.8) is 0 Å². The fourth-order valence-electron chi connectivity index (χ4n) is 2.77. The number of rotatable bonds is 3. The summed E-state index contributed by atoms with van der Waals surface area (Å²) in [6.45, 7) is 1.91. The molecule has 0 saturated heterocycles. The third-order valence-corrected chi connectivity index (χ3v) is 4.02. The van der Waals surface area contributed by atoms with Gasteiger partial charge in [0.15, 0.2) is 0 Å². The minimum atomic E-state index is -0.192. The molecule has 0 saturated carbocycles. The van der Waals surface area contributed by atoms with Gasteiger partial charge < -0.3 is 10.3 Å². The minimum Gasteiger partial charge on any atom is -0.344 e. The molecule has 122 valence electrons. The van der Waals surface area contributed by atoms with Gasteiger partial charge in [0.25, 0.3) is 5.91 Å². The second-order valence-electron chi connectivity index (χ2n) is 5.89. The van der Waals surface area contributed by atoms with Crippen LogP contribution in [0.3, 0.4) is 0 Å². The highest BCUT2D eigenvalue weighted by Gasteiger charge is 2.12. The summed E-state index contributed by atoms with van der Waals surface area (Å²) in [5, 5.41) is 3.81. The standard InChI is InChI=1S/C20H16N4O/c1-13-7-16(10-21-9-13)20(25)24-18-12-23-19-17(18)8-15(11-22-19)14-5-3-2-4-6-14/h2-12H,1H3,(H,22,23)(H,24,25). The number of H-pyrrole nitrogens is 1. The highest BCUT2D eigenvalue weighted by atomic mass is 16.1. The highest BCUT2D eigenvalue weighted by molar-refractivity contribution is 6.08. The molecule has 1 aromatic carbocycles. The van der Waals surface area contributed by atoms with Gasteiger partial charge in [-0.25, -0.2) is 4.98 Å². The molecule has 5 nitrogen and oxygen atoms in total. The van der Waals surface area contributed by atoms with Crippen molar-refractivity contribution in [3.05, 3.63) is 78.4 Å². The van der Waals surface area contributed by atoms with Crippen LogP contribution in [-0.4, -0.2) is 20.9 Å². The topological polar surface area (TPSA) is 70.7 Å². The SMILES string of the molecule is Cc1cncc(C(=O)Nc2c[nH]c3ncc(-c4ccccc4)cc23)c1. The van der Waals surface area contributed by atoms with Crippen LogP contribution in [0.2, 0.25) is 0 Å². The van der Waals surface area contributed by atoms with Crippen molar-refractivity contribution in [2.24, 2.45) is 0 Å². The van der Waals surface area contributed by atoms with E-state index in [0.717, 1.165) is 27.7 Å². The molecule has 1 amide bonds. The summed E-state index contributed by atoms with van der Waals surface area (Å²) in [4.78, 5) is 24.1. The summed E-state index contributed by atoms with van der Waals surface area (Å²) in [5.41, 5.74) is 4.99.